The van der Waals surface area contributed by atoms with Crippen molar-refractivity contribution in [2.75, 3.05) is 18.9 Å². The van der Waals surface area contributed by atoms with Crippen LogP contribution in [0.25, 0.3) is 0 Å². The Morgan fingerprint density at radius 1 is 1.00 bits per heavy atom. The van der Waals surface area contributed by atoms with Gasteiger partial charge in [0, 0.05) is 18.9 Å². The van der Waals surface area contributed by atoms with Crippen molar-refractivity contribution in [1.82, 2.24) is 0 Å². The van der Waals surface area contributed by atoms with Crippen LogP contribution in [-0.2, 0) is 11.2 Å². The quantitative estimate of drug-likeness (QED) is 0.498. The fraction of sp³-hybridized carbons (Fsp3) is 0.625. The van der Waals surface area contributed by atoms with E-state index in [9.17, 15) is 0 Å². The van der Waals surface area contributed by atoms with Gasteiger partial charge >= 0.3 is 0 Å². The Hall–Kier alpha value is -1.02. The van der Waals surface area contributed by atoms with Gasteiger partial charge in [-0.3, -0.25) is 0 Å². The second kappa shape index (κ2) is 9.95. The molecule has 0 spiro atoms. The summed E-state index contributed by atoms with van der Waals surface area (Å²) in [6.07, 6.45) is 8.53. The van der Waals surface area contributed by atoms with Gasteiger partial charge in [0.25, 0.3) is 0 Å². The Bertz CT molecular complexity index is 312. The molecular weight excluding hydrogens is 222 g/mol. The minimum absolute atomic E-state index is 0.867. The molecule has 0 fully saturated rings. The van der Waals surface area contributed by atoms with Crippen molar-refractivity contribution in [1.29, 1.82) is 0 Å². The van der Waals surface area contributed by atoms with Crippen LogP contribution in [0.3, 0.4) is 0 Å². The Kier molecular flexibility index (Phi) is 8.32. The summed E-state index contributed by atoms with van der Waals surface area (Å²) in [6.45, 7) is 4.07. The molecule has 1 aromatic rings. The van der Waals surface area contributed by atoms with Crippen LogP contribution in [0.1, 0.15) is 51.0 Å². The molecule has 2 heteroatoms. The molecule has 0 bridgehead atoms. The van der Waals surface area contributed by atoms with Gasteiger partial charge in [0.2, 0.25) is 0 Å². The van der Waals surface area contributed by atoms with Crippen molar-refractivity contribution >= 4 is 5.69 Å². The summed E-state index contributed by atoms with van der Waals surface area (Å²) in [7, 11) is 0. The highest BCUT2D eigenvalue weighted by Gasteiger charge is 1.95. The Balaban J connectivity index is 1.92. The van der Waals surface area contributed by atoms with Crippen LogP contribution in [0.2, 0.25) is 0 Å². The largest absolute Gasteiger partial charge is 0.399 e. The van der Waals surface area contributed by atoms with Crippen LogP contribution in [0.4, 0.5) is 5.69 Å². The molecule has 18 heavy (non-hydrogen) atoms. The number of hydrogen-bond acceptors (Lipinski definition) is 2. The van der Waals surface area contributed by atoms with E-state index in [1.165, 1.54) is 44.1 Å². The first-order valence-corrected chi connectivity index (χ1v) is 7.25. The summed E-state index contributed by atoms with van der Waals surface area (Å²) in [5, 5.41) is 0. The zero-order valence-electron chi connectivity index (χ0n) is 11.7. The predicted molar refractivity (Wildman–Crippen MR) is 78.8 cm³/mol. The molecule has 0 radical (unpaired) electrons. The van der Waals surface area contributed by atoms with Crippen molar-refractivity contribution in [3.05, 3.63) is 29.8 Å². The zero-order chi connectivity index (χ0) is 13.1. The second-order valence-corrected chi connectivity index (χ2v) is 4.88. The van der Waals surface area contributed by atoms with Crippen LogP contribution in [0.5, 0.6) is 0 Å². The molecule has 0 atom stereocenters. The van der Waals surface area contributed by atoms with E-state index in [2.05, 4.69) is 19.1 Å². The van der Waals surface area contributed by atoms with Gasteiger partial charge in [0.15, 0.2) is 0 Å². The lowest BCUT2D eigenvalue weighted by atomic mass is 10.1. The van der Waals surface area contributed by atoms with E-state index in [4.69, 9.17) is 10.5 Å². The fourth-order valence-corrected chi connectivity index (χ4v) is 2.01. The molecule has 0 aliphatic carbocycles. The van der Waals surface area contributed by atoms with E-state index >= 15 is 0 Å². The number of ether oxygens (including phenoxy) is 1. The molecule has 0 saturated carbocycles. The first-order chi connectivity index (χ1) is 8.83. The fourth-order valence-electron chi connectivity index (χ4n) is 2.01. The number of aryl methyl sites for hydroxylation is 1. The number of hydrogen-bond donors (Lipinski definition) is 1. The maximum absolute atomic E-state index is 5.75. The summed E-state index contributed by atoms with van der Waals surface area (Å²) < 4.78 is 5.59. The monoisotopic (exact) mass is 249 g/mol. The van der Waals surface area contributed by atoms with Crippen LogP contribution in [-0.4, -0.2) is 13.2 Å². The van der Waals surface area contributed by atoms with Gasteiger partial charge in [-0.15, -0.1) is 0 Å². The van der Waals surface area contributed by atoms with Crippen molar-refractivity contribution in [3.63, 3.8) is 0 Å². The molecule has 0 aliphatic heterocycles. The van der Waals surface area contributed by atoms with Gasteiger partial charge in [0.05, 0.1) is 0 Å². The third-order valence-corrected chi connectivity index (χ3v) is 3.10. The number of nitrogen functional groups attached to an aromatic ring is 1. The average molecular weight is 249 g/mol. The molecular formula is C16H27NO. The normalized spacial score (nSPS) is 10.7. The molecule has 0 aliphatic rings. The van der Waals surface area contributed by atoms with Crippen LogP contribution in [0.15, 0.2) is 24.3 Å². The number of anilines is 1. The van der Waals surface area contributed by atoms with Gasteiger partial charge in [-0.05, 0) is 43.4 Å². The van der Waals surface area contributed by atoms with E-state index in [0.717, 1.165) is 25.3 Å². The van der Waals surface area contributed by atoms with Crippen LogP contribution >= 0.6 is 0 Å². The highest BCUT2D eigenvalue weighted by atomic mass is 16.5. The third-order valence-electron chi connectivity index (χ3n) is 3.10. The minimum atomic E-state index is 0.867. The Labute approximate surface area is 112 Å². The number of benzene rings is 1. The smallest absolute Gasteiger partial charge is 0.0466 e. The standard InChI is InChI=1S/C16H27NO/c1-2-3-6-12-18-13-7-4-5-9-15-10-8-11-16(17)14-15/h8,10-11,14H,2-7,9,12-13,17H2,1H3. The second-order valence-electron chi connectivity index (χ2n) is 4.88. The maximum atomic E-state index is 5.75. The molecule has 1 rings (SSSR count). The molecule has 0 heterocycles. The summed E-state index contributed by atoms with van der Waals surface area (Å²) in [6, 6.07) is 8.19. The first-order valence-electron chi connectivity index (χ1n) is 7.25. The number of nitrogens with two attached hydrogens (primary N) is 1. The summed E-state index contributed by atoms with van der Waals surface area (Å²) in [5.41, 5.74) is 7.96. The van der Waals surface area contributed by atoms with Crippen molar-refractivity contribution in [2.45, 2.75) is 51.9 Å². The molecule has 2 nitrogen and oxygen atoms in total. The average Bonchev–Trinajstić information content (AvgIpc) is 2.37. The van der Waals surface area contributed by atoms with Gasteiger partial charge in [-0.1, -0.05) is 38.3 Å². The van der Waals surface area contributed by atoms with Crippen molar-refractivity contribution < 1.29 is 4.74 Å². The highest BCUT2D eigenvalue weighted by Crippen LogP contribution is 2.10. The van der Waals surface area contributed by atoms with E-state index in [0.29, 0.717) is 0 Å². The van der Waals surface area contributed by atoms with Crippen LogP contribution < -0.4 is 5.73 Å². The van der Waals surface area contributed by atoms with Gasteiger partial charge < -0.3 is 10.5 Å². The maximum Gasteiger partial charge on any atom is 0.0466 e. The molecule has 0 unspecified atom stereocenters. The van der Waals surface area contributed by atoms with Crippen LogP contribution in [0, 0.1) is 0 Å². The Morgan fingerprint density at radius 3 is 2.50 bits per heavy atom. The Morgan fingerprint density at radius 2 is 1.78 bits per heavy atom. The van der Waals surface area contributed by atoms with E-state index in [1.54, 1.807) is 0 Å². The summed E-state index contributed by atoms with van der Waals surface area (Å²) in [5.74, 6) is 0. The molecule has 0 amide bonds. The summed E-state index contributed by atoms with van der Waals surface area (Å²) >= 11 is 0. The molecule has 0 saturated heterocycles. The minimum Gasteiger partial charge on any atom is -0.399 e. The van der Waals surface area contributed by atoms with Gasteiger partial charge in [-0.2, -0.15) is 0 Å². The molecule has 2 N–H and O–H groups in total. The lowest BCUT2D eigenvalue weighted by Crippen LogP contribution is -1.97. The summed E-state index contributed by atoms with van der Waals surface area (Å²) in [4.78, 5) is 0. The highest BCUT2D eigenvalue weighted by molar-refractivity contribution is 5.40. The van der Waals surface area contributed by atoms with Crippen molar-refractivity contribution in [3.8, 4) is 0 Å². The topological polar surface area (TPSA) is 35.2 Å². The molecule has 1 aromatic carbocycles. The van der Waals surface area contributed by atoms with Gasteiger partial charge in [0.1, 0.15) is 0 Å². The first kappa shape index (κ1) is 15.0. The van der Waals surface area contributed by atoms with E-state index in [-0.39, 0.29) is 0 Å². The number of rotatable bonds is 10. The number of unbranched alkanes of at least 4 members (excludes halogenated alkanes) is 4. The van der Waals surface area contributed by atoms with Gasteiger partial charge in [-0.25, -0.2) is 0 Å². The lowest BCUT2D eigenvalue weighted by molar-refractivity contribution is 0.126. The molecule has 0 aromatic heterocycles. The third kappa shape index (κ3) is 7.33. The zero-order valence-corrected chi connectivity index (χ0v) is 11.7. The van der Waals surface area contributed by atoms with E-state index in [1.807, 2.05) is 12.1 Å². The lowest BCUT2D eigenvalue weighted by Gasteiger charge is -2.04. The van der Waals surface area contributed by atoms with Crippen molar-refractivity contribution in [2.24, 2.45) is 0 Å². The predicted octanol–water partition coefficient (Wildman–Crippen LogP) is 4.19. The SMILES string of the molecule is CCCCCOCCCCCc1cccc(N)c1. The van der Waals surface area contributed by atoms with E-state index < -0.39 is 0 Å². The molecule has 102 valence electrons.